The number of carbonyl (C=O) groups excluding carboxylic acids is 1. The van der Waals surface area contributed by atoms with Gasteiger partial charge in [0.2, 0.25) is 5.91 Å². The highest BCUT2D eigenvalue weighted by Gasteiger charge is 2.28. The quantitative estimate of drug-likeness (QED) is 0.857. The number of rotatable bonds is 5. The molecule has 1 aromatic rings. The van der Waals surface area contributed by atoms with Crippen LogP contribution in [0.15, 0.2) is 24.3 Å². The maximum Gasteiger partial charge on any atom is 0.249 e. The molecule has 0 saturated carbocycles. The van der Waals surface area contributed by atoms with Crippen molar-refractivity contribution in [2.75, 3.05) is 12.3 Å². The van der Waals surface area contributed by atoms with E-state index in [-0.39, 0.29) is 5.91 Å². The van der Waals surface area contributed by atoms with Crippen molar-refractivity contribution >= 4 is 17.7 Å². The topological polar surface area (TPSA) is 55.1 Å². The van der Waals surface area contributed by atoms with Gasteiger partial charge in [0, 0.05) is 23.4 Å². The summed E-state index contributed by atoms with van der Waals surface area (Å²) < 4.78 is 0.349. The fourth-order valence-electron chi connectivity index (χ4n) is 2.35. The van der Waals surface area contributed by atoms with Gasteiger partial charge in [0.1, 0.15) is 0 Å². The third-order valence-corrected chi connectivity index (χ3v) is 4.94. The summed E-state index contributed by atoms with van der Waals surface area (Å²) in [5.41, 5.74) is 6.97. The molecule has 3 nitrogen and oxygen atoms in total. The van der Waals surface area contributed by atoms with Crippen LogP contribution in [-0.2, 0) is 6.54 Å². The molecule has 2 rings (SSSR count). The monoisotopic (exact) mass is 264 g/mol. The molecule has 0 radical (unpaired) electrons. The molecule has 1 unspecified atom stereocenters. The van der Waals surface area contributed by atoms with E-state index in [2.05, 4.69) is 12.2 Å². The molecule has 0 aliphatic carbocycles. The Morgan fingerprint density at radius 3 is 2.94 bits per heavy atom. The van der Waals surface area contributed by atoms with E-state index in [1.165, 1.54) is 18.6 Å². The number of carbonyl (C=O) groups is 1. The van der Waals surface area contributed by atoms with Crippen LogP contribution < -0.4 is 11.1 Å². The zero-order valence-corrected chi connectivity index (χ0v) is 11.6. The Hall–Kier alpha value is -1.00. The second-order valence-electron chi connectivity index (χ2n) is 5.03. The van der Waals surface area contributed by atoms with Gasteiger partial charge in [-0.1, -0.05) is 18.2 Å². The summed E-state index contributed by atoms with van der Waals surface area (Å²) in [6, 6.07) is 7.52. The van der Waals surface area contributed by atoms with Crippen LogP contribution in [-0.4, -0.2) is 23.0 Å². The number of amides is 1. The van der Waals surface area contributed by atoms with Gasteiger partial charge in [-0.25, -0.2) is 0 Å². The lowest BCUT2D eigenvalue weighted by atomic mass is 10.0. The number of primary amides is 1. The highest BCUT2D eigenvalue weighted by Crippen LogP contribution is 2.36. The van der Waals surface area contributed by atoms with Crippen LogP contribution in [0, 0.1) is 0 Å². The van der Waals surface area contributed by atoms with E-state index < -0.39 is 0 Å². The van der Waals surface area contributed by atoms with Crippen LogP contribution in [0.2, 0.25) is 0 Å². The summed E-state index contributed by atoms with van der Waals surface area (Å²) in [5, 5.41) is 3.45. The summed E-state index contributed by atoms with van der Waals surface area (Å²) in [6.07, 6.45) is 2.57. The SMILES string of the molecule is CC1(CNCc2ccccc2C(N)=O)CCCS1. The Labute approximate surface area is 113 Å². The molecule has 1 atom stereocenters. The van der Waals surface area contributed by atoms with Gasteiger partial charge in [0.05, 0.1) is 0 Å². The zero-order valence-electron chi connectivity index (χ0n) is 10.7. The molecule has 98 valence electrons. The van der Waals surface area contributed by atoms with Crippen LogP contribution in [0.25, 0.3) is 0 Å². The smallest absolute Gasteiger partial charge is 0.249 e. The van der Waals surface area contributed by atoms with E-state index in [1.807, 2.05) is 30.0 Å². The Morgan fingerprint density at radius 2 is 2.28 bits per heavy atom. The van der Waals surface area contributed by atoms with Crippen molar-refractivity contribution < 1.29 is 4.79 Å². The van der Waals surface area contributed by atoms with Gasteiger partial charge in [-0.2, -0.15) is 11.8 Å². The van der Waals surface area contributed by atoms with Crippen LogP contribution in [0.4, 0.5) is 0 Å². The second-order valence-corrected chi connectivity index (χ2v) is 6.71. The zero-order chi connectivity index (χ0) is 13.0. The van der Waals surface area contributed by atoms with Crippen LogP contribution in [0.5, 0.6) is 0 Å². The molecule has 4 heteroatoms. The van der Waals surface area contributed by atoms with E-state index in [1.54, 1.807) is 6.07 Å². The lowest BCUT2D eigenvalue weighted by molar-refractivity contribution is 0.0999. The van der Waals surface area contributed by atoms with Crippen molar-refractivity contribution in [1.29, 1.82) is 0 Å². The molecule has 1 aromatic carbocycles. The van der Waals surface area contributed by atoms with Gasteiger partial charge in [0.25, 0.3) is 0 Å². The molecule has 0 spiro atoms. The van der Waals surface area contributed by atoms with Crippen LogP contribution in [0.1, 0.15) is 35.7 Å². The van der Waals surface area contributed by atoms with Gasteiger partial charge < -0.3 is 11.1 Å². The minimum atomic E-state index is -0.353. The second kappa shape index (κ2) is 5.76. The average molecular weight is 264 g/mol. The fraction of sp³-hybridized carbons (Fsp3) is 0.500. The lowest BCUT2D eigenvalue weighted by Crippen LogP contribution is -2.33. The fourth-order valence-corrected chi connectivity index (χ4v) is 3.63. The minimum absolute atomic E-state index is 0.349. The van der Waals surface area contributed by atoms with Crippen molar-refractivity contribution in [2.24, 2.45) is 5.73 Å². The van der Waals surface area contributed by atoms with E-state index in [9.17, 15) is 4.79 Å². The Morgan fingerprint density at radius 1 is 1.50 bits per heavy atom. The summed E-state index contributed by atoms with van der Waals surface area (Å²) in [7, 11) is 0. The first kappa shape index (κ1) is 13.4. The van der Waals surface area contributed by atoms with E-state index in [4.69, 9.17) is 5.73 Å². The van der Waals surface area contributed by atoms with Crippen molar-refractivity contribution in [3.63, 3.8) is 0 Å². The highest BCUT2D eigenvalue weighted by atomic mass is 32.2. The first-order valence-corrected chi connectivity index (χ1v) is 7.32. The molecule has 1 aliphatic rings. The van der Waals surface area contributed by atoms with Crippen molar-refractivity contribution in [3.05, 3.63) is 35.4 Å². The Kier molecular flexibility index (Phi) is 4.30. The van der Waals surface area contributed by atoms with Crippen LogP contribution >= 0.6 is 11.8 Å². The number of nitrogens with two attached hydrogens (primary N) is 1. The summed E-state index contributed by atoms with van der Waals surface area (Å²) in [4.78, 5) is 11.3. The molecule has 3 N–H and O–H groups in total. The first-order chi connectivity index (χ1) is 8.61. The highest BCUT2D eigenvalue weighted by molar-refractivity contribution is 8.00. The minimum Gasteiger partial charge on any atom is -0.366 e. The molecule has 0 bridgehead atoms. The Bertz CT molecular complexity index is 428. The van der Waals surface area contributed by atoms with Crippen molar-refractivity contribution in [3.8, 4) is 0 Å². The molecule has 1 saturated heterocycles. The predicted molar refractivity (Wildman–Crippen MR) is 76.8 cm³/mol. The molecule has 0 aromatic heterocycles. The van der Waals surface area contributed by atoms with Crippen molar-refractivity contribution in [1.82, 2.24) is 5.32 Å². The van der Waals surface area contributed by atoms with E-state index in [0.29, 0.717) is 16.9 Å². The van der Waals surface area contributed by atoms with E-state index in [0.717, 1.165) is 12.1 Å². The molecule has 1 heterocycles. The number of thioether (sulfide) groups is 1. The maximum absolute atomic E-state index is 11.3. The van der Waals surface area contributed by atoms with Gasteiger partial charge in [-0.15, -0.1) is 0 Å². The summed E-state index contributed by atoms with van der Waals surface area (Å²) in [5.74, 6) is 0.907. The maximum atomic E-state index is 11.3. The molecule has 18 heavy (non-hydrogen) atoms. The number of benzene rings is 1. The predicted octanol–water partition coefficient (Wildman–Crippen LogP) is 2.16. The molecule has 1 fully saturated rings. The molecule has 1 amide bonds. The number of nitrogens with one attached hydrogen (secondary N) is 1. The van der Waals surface area contributed by atoms with Gasteiger partial charge in [-0.05, 0) is 37.1 Å². The first-order valence-electron chi connectivity index (χ1n) is 6.33. The third-order valence-electron chi connectivity index (χ3n) is 3.40. The van der Waals surface area contributed by atoms with Crippen LogP contribution in [0.3, 0.4) is 0 Å². The Balaban J connectivity index is 1.92. The average Bonchev–Trinajstić information content (AvgIpc) is 2.77. The lowest BCUT2D eigenvalue weighted by Gasteiger charge is -2.23. The summed E-state index contributed by atoms with van der Waals surface area (Å²) >= 11 is 2.04. The third kappa shape index (κ3) is 3.27. The molecular weight excluding hydrogens is 244 g/mol. The summed E-state index contributed by atoms with van der Waals surface area (Å²) in [6.45, 7) is 3.98. The van der Waals surface area contributed by atoms with Crippen molar-refractivity contribution in [2.45, 2.75) is 31.1 Å². The van der Waals surface area contributed by atoms with Gasteiger partial charge in [-0.3, -0.25) is 4.79 Å². The van der Waals surface area contributed by atoms with Gasteiger partial charge in [0.15, 0.2) is 0 Å². The standard InChI is InChI=1S/C14H20N2OS/c1-14(7-4-8-18-14)10-16-9-11-5-2-3-6-12(11)13(15)17/h2-3,5-6,16H,4,7-10H2,1H3,(H2,15,17). The molecular formula is C14H20N2OS. The number of hydrogen-bond donors (Lipinski definition) is 2. The molecule has 1 aliphatic heterocycles. The largest absolute Gasteiger partial charge is 0.366 e. The van der Waals surface area contributed by atoms with E-state index >= 15 is 0 Å². The normalized spacial score (nSPS) is 23.2. The van der Waals surface area contributed by atoms with Gasteiger partial charge >= 0.3 is 0 Å². The number of hydrogen-bond acceptors (Lipinski definition) is 3.